The van der Waals surface area contributed by atoms with Crippen LogP contribution in [0, 0.1) is 5.92 Å². The minimum absolute atomic E-state index is 0.110. The van der Waals surface area contributed by atoms with Gasteiger partial charge in [-0.2, -0.15) is 0 Å². The van der Waals surface area contributed by atoms with Gasteiger partial charge in [0.2, 0.25) is 0 Å². The van der Waals surface area contributed by atoms with Gasteiger partial charge in [-0.1, -0.05) is 54.9 Å². The molecule has 1 saturated heterocycles. The summed E-state index contributed by atoms with van der Waals surface area (Å²) in [6.45, 7) is 3.22. The van der Waals surface area contributed by atoms with Crippen molar-refractivity contribution in [3.05, 3.63) is 94.0 Å². The summed E-state index contributed by atoms with van der Waals surface area (Å²) < 4.78 is 4.69. The summed E-state index contributed by atoms with van der Waals surface area (Å²) >= 11 is 6.83. The standard InChI is InChI=1S/C33H37ClN2O6/c1-3-22-8-4-9-25(20-22)29-27(11-5-12-28(29)34)33(41,17-7-18-35-32(40)42-2)26-10-6-19-36(21-26)30(37)23-13-15-24(16-14-23)31(38)39/h4-5,8-9,11-16,20,26,41H,3,6-7,10,17-19,21H2,1-2H3,(H,35,40)(H,38,39)/t26-,33+/m1/s1. The van der Waals surface area contributed by atoms with Gasteiger partial charge >= 0.3 is 12.1 Å². The molecule has 222 valence electrons. The number of nitrogens with one attached hydrogen (secondary N) is 1. The number of rotatable bonds is 10. The van der Waals surface area contributed by atoms with Crippen molar-refractivity contribution in [3.8, 4) is 11.1 Å². The van der Waals surface area contributed by atoms with E-state index >= 15 is 0 Å². The minimum atomic E-state index is -1.37. The molecule has 1 aliphatic rings. The van der Waals surface area contributed by atoms with Crippen LogP contribution in [0.5, 0.6) is 0 Å². The van der Waals surface area contributed by atoms with Gasteiger partial charge in [0, 0.05) is 41.7 Å². The lowest BCUT2D eigenvalue weighted by molar-refractivity contribution is -0.0563. The number of carboxylic acids is 1. The van der Waals surface area contributed by atoms with Crippen LogP contribution in [-0.2, 0) is 16.8 Å². The maximum Gasteiger partial charge on any atom is 0.406 e. The predicted molar refractivity (Wildman–Crippen MR) is 162 cm³/mol. The van der Waals surface area contributed by atoms with E-state index in [-0.39, 0.29) is 17.4 Å². The number of carboxylic acid groups (broad SMARTS) is 1. The lowest BCUT2D eigenvalue weighted by Gasteiger charge is -2.44. The van der Waals surface area contributed by atoms with Crippen molar-refractivity contribution in [1.82, 2.24) is 10.2 Å². The maximum atomic E-state index is 13.5. The molecule has 2 amide bonds. The number of methoxy groups -OCH3 is 1. The third-order valence-corrected chi connectivity index (χ3v) is 8.37. The van der Waals surface area contributed by atoms with Crippen LogP contribution in [0.1, 0.15) is 64.4 Å². The fraction of sp³-hybridized carbons (Fsp3) is 0.364. The van der Waals surface area contributed by atoms with Crippen LogP contribution in [0.3, 0.4) is 0 Å². The first-order valence-corrected chi connectivity index (χ1v) is 14.6. The Morgan fingerprint density at radius 2 is 1.79 bits per heavy atom. The normalized spacial score (nSPS) is 16.4. The van der Waals surface area contributed by atoms with Gasteiger partial charge in [0.15, 0.2) is 0 Å². The van der Waals surface area contributed by atoms with E-state index in [1.54, 1.807) is 4.90 Å². The van der Waals surface area contributed by atoms with Crippen LogP contribution in [-0.4, -0.2) is 59.8 Å². The van der Waals surface area contributed by atoms with Crippen molar-refractivity contribution in [2.24, 2.45) is 5.92 Å². The molecule has 9 heteroatoms. The second-order valence-corrected chi connectivity index (χ2v) is 11.0. The number of aryl methyl sites for hydroxylation is 1. The first-order valence-electron chi connectivity index (χ1n) is 14.2. The largest absolute Gasteiger partial charge is 0.478 e. The molecule has 1 fully saturated rings. The van der Waals surface area contributed by atoms with Crippen molar-refractivity contribution >= 4 is 29.6 Å². The van der Waals surface area contributed by atoms with Crippen LogP contribution in [0.25, 0.3) is 11.1 Å². The van der Waals surface area contributed by atoms with Gasteiger partial charge in [0.1, 0.15) is 0 Å². The second-order valence-electron chi connectivity index (χ2n) is 10.6. The Kier molecular flexibility index (Phi) is 10.2. The number of likely N-dealkylation sites (tertiary alicyclic amines) is 1. The fourth-order valence-corrected chi connectivity index (χ4v) is 6.08. The Labute approximate surface area is 251 Å². The molecule has 1 aliphatic heterocycles. The van der Waals surface area contributed by atoms with Gasteiger partial charge in [0.25, 0.3) is 5.91 Å². The van der Waals surface area contributed by atoms with E-state index in [0.717, 1.165) is 23.1 Å². The lowest BCUT2D eigenvalue weighted by Crippen LogP contribution is -2.48. The molecule has 0 aromatic heterocycles. The highest BCUT2D eigenvalue weighted by molar-refractivity contribution is 6.33. The van der Waals surface area contributed by atoms with E-state index < -0.39 is 17.7 Å². The molecule has 3 aromatic rings. The summed E-state index contributed by atoms with van der Waals surface area (Å²) in [5.41, 5.74) is 2.63. The average Bonchev–Trinajstić information content (AvgIpc) is 3.02. The summed E-state index contributed by atoms with van der Waals surface area (Å²) in [5, 5.41) is 25.1. The molecular weight excluding hydrogens is 556 g/mol. The van der Waals surface area contributed by atoms with Gasteiger partial charge in [-0.25, -0.2) is 9.59 Å². The van der Waals surface area contributed by atoms with Gasteiger partial charge < -0.3 is 25.2 Å². The summed E-state index contributed by atoms with van der Waals surface area (Å²) in [4.78, 5) is 38.1. The highest BCUT2D eigenvalue weighted by atomic mass is 35.5. The predicted octanol–water partition coefficient (Wildman–Crippen LogP) is 6.14. The zero-order valence-electron chi connectivity index (χ0n) is 23.9. The van der Waals surface area contributed by atoms with Gasteiger partial charge in [-0.15, -0.1) is 0 Å². The smallest absolute Gasteiger partial charge is 0.406 e. The lowest BCUT2D eigenvalue weighted by atomic mass is 9.72. The monoisotopic (exact) mass is 592 g/mol. The topological polar surface area (TPSA) is 116 Å². The van der Waals surface area contributed by atoms with Crippen molar-refractivity contribution in [1.29, 1.82) is 0 Å². The molecule has 0 saturated carbocycles. The van der Waals surface area contributed by atoms with E-state index in [9.17, 15) is 24.6 Å². The molecule has 4 rings (SSSR count). The maximum absolute atomic E-state index is 13.5. The Bertz CT molecular complexity index is 1430. The van der Waals surface area contributed by atoms with Gasteiger partial charge in [-0.3, -0.25) is 4.79 Å². The van der Waals surface area contributed by atoms with Crippen LogP contribution in [0.15, 0.2) is 66.7 Å². The fourth-order valence-electron chi connectivity index (χ4n) is 5.79. The number of aliphatic hydroxyl groups is 1. The van der Waals surface area contributed by atoms with E-state index in [0.29, 0.717) is 61.5 Å². The number of carbonyl (C=O) groups excluding carboxylic acids is 2. The third-order valence-electron chi connectivity index (χ3n) is 8.06. The quantitative estimate of drug-likeness (QED) is 0.243. The zero-order valence-corrected chi connectivity index (χ0v) is 24.7. The molecule has 1 heterocycles. The summed E-state index contributed by atoms with van der Waals surface area (Å²) in [6, 6.07) is 19.5. The SMILES string of the molecule is CCc1cccc(-c2c(Cl)cccc2[C@](O)(CCCNC(=O)OC)[C@@H]2CCCN(C(=O)c3ccc(C(=O)O)cc3)C2)c1. The number of alkyl carbamates (subject to hydrolysis) is 1. The number of amides is 2. The number of nitrogens with zero attached hydrogens (tertiary/aromatic N) is 1. The first kappa shape index (κ1) is 31.1. The summed E-state index contributed by atoms with van der Waals surface area (Å²) in [7, 11) is 1.30. The molecule has 0 unspecified atom stereocenters. The highest BCUT2D eigenvalue weighted by Gasteiger charge is 2.43. The van der Waals surface area contributed by atoms with E-state index in [4.69, 9.17) is 16.3 Å². The Morgan fingerprint density at radius 1 is 1.07 bits per heavy atom. The number of hydrogen-bond acceptors (Lipinski definition) is 5. The molecule has 0 aliphatic carbocycles. The Balaban J connectivity index is 1.70. The summed E-state index contributed by atoms with van der Waals surface area (Å²) in [6.07, 6.45) is 2.47. The molecule has 0 bridgehead atoms. The number of benzene rings is 3. The molecule has 0 spiro atoms. The van der Waals surface area contributed by atoms with Gasteiger partial charge in [-0.05, 0) is 79.1 Å². The number of hydrogen-bond donors (Lipinski definition) is 3. The zero-order chi connectivity index (χ0) is 30.3. The van der Waals surface area contributed by atoms with Crippen molar-refractivity contribution in [2.45, 2.75) is 44.6 Å². The minimum Gasteiger partial charge on any atom is -0.478 e. The number of carbonyl (C=O) groups is 3. The van der Waals surface area contributed by atoms with Crippen LogP contribution in [0.2, 0.25) is 5.02 Å². The van der Waals surface area contributed by atoms with E-state index in [1.807, 2.05) is 30.3 Å². The molecule has 0 radical (unpaired) electrons. The number of ether oxygens (including phenoxy) is 1. The number of halogens is 1. The molecule has 42 heavy (non-hydrogen) atoms. The third kappa shape index (κ3) is 6.94. The second kappa shape index (κ2) is 13.9. The average molecular weight is 593 g/mol. The van der Waals surface area contributed by atoms with Gasteiger partial charge in [0.05, 0.1) is 18.3 Å². The highest BCUT2D eigenvalue weighted by Crippen LogP contribution is 2.45. The van der Waals surface area contributed by atoms with Crippen molar-refractivity contribution in [3.63, 3.8) is 0 Å². The molecule has 3 N–H and O–H groups in total. The van der Waals surface area contributed by atoms with E-state index in [2.05, 4.69) is 24.4 Å². The van der Waals surface area contributed by atoms with Crippen LogP contribution >= 0.6 is 11.6 Å². The Hall–Kier alpha value is -3.88. The molecule has 2 atom stereocenters. The Morgan fingerprint density at radius 3 is 2.48 bits per heavy atom. The molecular formula is C33H37ClN2O6. The number of aromatic carboxylic acids is 1. The van der Waals surface area contributed by atoms with E-state index in [1.165, 1.54) is 31.4 Å². The first-order chi connectivity index (χ1) is 20.2. The van der Waals surface area contributed by atoms with Crippen molar-refractivity contribution < 1.29 is 29.3 Å². The van der Waals surface area contributed by atoms with Crippen LogP contribution < -0.4 is 5.32 Å². The molecule has 8 nitrogen and oxygen atoms in total. The summed E-state index contributed by atoms with van der Waals surface area (Å²) in [5.74, 6) is -1.59. The molecule has 3 aromatic carbocycles. The van der Waals surface area contributed by atoms with Crippen molar-refractivity contribution in [2.75, 3.05) is 26.7 Å². The van der Waals surface area contributed by atoms with Crippen LogP contribution in [0.4, 0.5) is 4.79 Å². The number of piperidine rings is 1.